The van der Waals surface area contributed by atoms with Gasteiger partial charge in [-0.05, 0) is 38.3 Å². The smallest absolute Gasteiger partial charge is 0.221 e. The van der Waals surface area contributed by atoms with E-state index in [9.17, 15) is 4.79 Å². The molecule has 0 saturated carbocycles. The number of hydrogen-bond acceptors (Lipinski definition) is 3. The molecule has 0 heterocycles. The highest BCUT2D eigenvalue weighted by Gasteiger charge is 2.19. The monoisotopic (exact) mass is 279 g/mol. The van der Waals surface area contributed by atoms with E-state index in [4.69, 9.17) is 9.47 Å². The van der Waals surface area contributed by atoms with Gasteiger partial charge >= 0.3 is 0 Å². The van der Waals surface area contributed by atoms with Crippen LogP contribution in [-0.4, -0.2) is 25.7 Å². The van der Waals surface area contributed by atoms with Gasteiger partial charge in [0, 0.05) is 18.0 Å². The zero-order valence-corrected chi connectivity index (χ0v) is 13.2. The van der Waals surface area contributed by atoms with E-state index >= 15 is 0 Å². The Balaban J connectivity index is 2.81. The lowest BCUT2D eigenvalue weighted by molar-refractivity contribution is -0.122. The summed E-state index contributed by atoms with van der Waals surface area (Å²) in [5.74, 6) is 1.62. The predicted molar refractivity (Wildman–Crippen MR) is 80.5 cm³/mol. The van der Waals surface area contributed by atoms with E-state index in [1.54, 1.807) is 14.2 Å². The molecule has 1 aromatic carbocycles. The summed E-state index contributed by atoms with van der Waals surface area (Å²) >= 11 is 0. The lowest BCUT2D eigenvalue weighted by Gasteiger charge is -2.22. The second-order valence-corrected chi connectivity index (χ2v) is 6.01. The number of carbonyl (C=O) groups is 1. The molecule has 0 aromatic heterocycles. The van der Waals surface area contributed by atoms with Crippen LogP contribution < -0.4 is 14.8 Å². The molecule has 0 saturated heterocycles. The normalized spacial score (nSPS) is 12.7. The molecule has 0 fully saturated rings. The number of amides is 1. The highest BCUT2D eigenvalue weighted by Crippen LogP contribution is 2.32. The molecule has 4 heteroatoms. The van der Waals surface area contributed by atoms with E-state index in [1.165, 1.54) is 0 Å². The summed E-state index contributed by atoms with van der Waals surface area (Å²) < 4.78 is 10.6. The molecular formula is C16H25NO3. The third-order valence-electron chi connectivity index (χ3n) is 2.98. The van der Waals surface area contributed by atoms with Crippen LogP contribution in [0.15, 0.2) is 18.2 Å². The minimum absolute atomic E-state index is 0.0443. The van der Waals surface area contributed by atoms with Gasteiger partial charge in [-0.1, -0.05) is 13.0 Å². The van der Waals surface area contributed by atoms with Crippen molar-refractivity contribution in [3.8, 4) is 11.5 Å². The molecule has 1 amide bonds. The van der Waals surface area contributed by atoms with Crippen molar-refractivity contribution in [3.63, 3.8) is 0 Å². The molecule has 1 aromatic rings. The van der Waals surface area contributed by atoms with Crippen LogP contribution in [0.25, 0.3) is 0 Å². The second kappa shape index (κ2) is 6.64. The minimum atomic E-state index is -0.208. The van der Waals surface area contributed by atoms with Gasteiger partial charge < -0.3 is 14.8 Å². The average molecular weight is 279 g/mol. The van der Waals surface area contributed by atoms with Crippen molar-refractivity contribution < 1.29 is 14.3 Å². The van der Waals surface area contributed by atoms with E-state index in [1.807, 2.05) is 45.9 Å². The van der Waals surface area contributed by atoms with Gasteiger partial charge in [0.15, 0.2) is 0 Å². The molecule has 0 aliphatic carbocycles. The Hall–Kier alpha value is -1.71. The van der Waals surface area contributed by atoms with Gasteiger partial charge in [-0.15, -0.1) is 0 Å². The van der Waals surface area contributed by atoms with Gasteiger partial charge in [-0.25, -0.2) is 0 Å². The summed E-state index contributed by atoms with van der Waals surface area (Å²) in [5.41, 5.74) is 0.804. The molecule has 1 unspecified atom stereocenters. The summed E-state index contributed by atoms with van der Waals surface area (Å²) in [4.78, 5) is 12.0. The number of ether oxygens (including phenoxy) is 2. The molecule has 20 heavy (non-hydrogen) atoms. The third-order valence-corrected chi connectivity index (χ3v) is 2.98. The van der Waals surface area contributed by atoms with Crippen LogP contribution in [0.5, 0.6) is 11.5 Å². The van der Waals surface area contributed by atoms with Crippen LogP contribution in [0.4, 0.5) is 0 Å². The summed E-state index contributed by atoms with van der Waals surface area (Å²) in [6.07, 6.45) is 0.431. The molecule has 1 atom stereocenters. The third kappa shape index (κ3) is 4.76. The van der Waals surface area contributed by atoms with Gasteiger partial charge in [0.2, 0.25) is 5.91 Å². The maximum Gasteiger partial charge on any atom is 0.221 e. The molecule has 0 radical (unpaired) electrons. The highest BCUT2D eigenvalue weighted by atomic mass is 16.5. The van der Waals surface area contributed by atoms with Crippen molar-refractivity contribution in [2.24, 2.45) is 0 Å². The maximum absolute atomic E-state index is 12.0. The van der Waals surface area contributed by atoms with Crippen molar-refractivity contribution in [2.45, 2.75) is 45.6 Å². The quantitative estimate of drug-likeness (QED) is 0.901. The Morgan fingerprint density at radius 2 is 1.90 bits per heavy atom. The number of benzene rings is 1. The molecule has 112 valence electrons. The number of carbonyl (C=O) groups excluding carboxylic acids is 1. The average Bonchev–Trinajstić information content (AvgIpc) is 2.35. The van der Waals surface area contributed by atoms with Gasteiger partial charge in [-0.3, -0.25) is 4.79 Å². The van der Waals surface area contributed by atoms with Crippen LogP contribution in [-0.2, 0) is 4.79 Å². The molecule has 0 aliphatic heterocycles. The second-order valence-electron chi connectivity index (χ2n) is 6.01. The van der Waals surface area contributed by atoms with Crippen LogP contribution >= 0.6 is 0 Å². The van der Waals surface area contributed by atoms with Gasteiger partial charge in [0.25, 0.3) is 0 Å². The van der Waals surface area contributed by atoms with Crippen LogP contribution in [0.1, 0.15) is 45.6 Å². The molecule has 0 aliphatic rings. The van der Waals surface area contributed by atoms with Gasteiger partial charge in [0.05, 0.1) is 14.2 Å². The Labute approximate surface area is 121 Å². The van der Waals surface area contributed by atoms with E-state index in [-0.39, 0.29) is 17.4 Å². The molecule has 0 bridgehead atoms. The van der Waals surface area contributed by atoms with E-state index in [0.717, 1.165) is 17.1 Å². The Kier molecular flexibility index (Phi) is 5.43. The first-order valence-corrected chi connectivity index (χ1v) is 6.79. The predicted octanol–water partition coefficient (Wildman–Crippen LogP) is 3.11. The molecule has 0 spiro atoms. The summed E-state index contributed by atoms with van der Waals surface area (Å²) in [6, 6.07) is 5.68. The van der Waals surface area contributed by atoms with Gasteiger partial charge in [-0.2, -0.15) is 0 Å². The number of rotatable bonds is 5. The van der Waals surface area contributed by atoms with Crippen LogP contribution in [0, 0.1) is 0 Å². The summed E-state index contributed by atoms with van der Waals surface area (Å²) in [7, 11) is 3.24. The first kappa shape index (κ1) is 16.3. The first-order valence-electron chi connectivity index (χ1n) is 6.79. The Morgan fingerprint density at radius 1 is 1.25 bits per heavy atom. The minimum Gasteiger partial charge on any atom is -0.497 e. The molecular weight excluding hydrogens is 254 g/mol. The van der Waals surface area contributed by atoms with Crippen molar-refractivity contribution in [3.05, 3.63) is 23.8 Å². The maximum atomic E-state index is 12.0. The van der Waals surface area contributed by atoms with Crippen molar-refractivity contribution >= 4 is 5.91 Å². The van der Waals surface area contributed by atoms with E-state index < -0.39 is 0 Å². The lowest BCUT2D eigenvalue weighted by Crippen LogP contribution is -2.40. The van der Waals surface area contributed by atoms with Crippen LogP contribution in [0.2, 0.25) is 0 Å². The zero-order valence-electron chi connectivity index (χ0n) is 13.2. The topological polar surface area (TPSA) is 47.6 Å². The Morgan fingerprint density at radius 3 is 2.40 bits per heavy atom. The number of hydrogen-bond donors (Lipinski definition) is 1. The fourth-order valence-corrected chi connectivity index (χ4v) is 2.08. The lowest BCUT2D eigenvalue weighted by atomic mass is 9.95. The number of methoxy groups -OCH3 is 2. The zero-order chi connectivity index (χ0) is 15.3. The molecule has 1 N–H and O–H groups in total. The largest absolute Gasteiger partial charge is 0.497 e. The first-order chi connectivity index (χ1) is 9.26. The van der Waals surface area contributed by atoms with Crippen molar-refractivity contribution in [1.29, 1.82) is 0 Å². The fraction of sp³-hybridized carbons (Fsp3) is 0.562. The Bertz CT molecular complexity index is 463. The fourth-order valence-electron chi connectivity index (χ4n) is 2.08. The highest BCUT2D eigenvalue weighted by molar-refractivity contribution is 5.77. The van der Waals surface area contributed by atoms with E-state index in [2.05, 4.69) is 5.32 Å². The summed E-state index contributed by atoms with van der Waals surface area (Å²) in [5, 5.41) is 2.98. The molecule has 1 rings (SSSR count). The van der Waals surface area contributed by atoms with Crippen molar-refractivity contribution in [1.82, 2.24) is 5.32 Å². The molecule has 4 nitrogen and oxygen atoms in total. The summed E-state index contributed by atoms with van der Waals surface area (Å²) in [6.45, 7) is 7.95. The number of nitrogens with one attached hydrogen (secondary N) is 1. The standard InChI is InChI=1S/C16H25NO3/c1-11(9-15(18)17-16(2,3)4)13-8-7-12(19-5)10-14(13)20-6/h7-8,10-11H,9H2,1-6H3,(H,17,18). The SMILES string of the molecule is COc1ccc(C(C)CC(=O)NC(C)(C)C)c(OC)c1. The van der Waals surface area contributed by atoms with Crippen molar-refractivity contribution in [2.75, 3.05) is 14.2 Å². The van der Waals surface area contributed by atoms with Gasteiger partial charge in [0.1, 0.15) is 11.5 Å². The van der Waals surface area contributed by atoms with Crippen LogP contribution in [0.3, 0.4) is 0 Å². The van der Waals surface area contributed by atoms with E-state index in [0.29, 0.717) is 6.42 Å².